The summed E-state index contributed by atoms with van der Waals surface area (Å²) in [5.74, 6) is 0.599. The Morgan fingerprint density at radius 3 is 2.50 bits per heavy atom. The summed E-state index contributed by atoms with van der Waals surface area (Å²) >= 11 is 0. The SMILES string of the molecule is COc1cc2c(cc1O)CCN1C[C@@H](c3cc(C(C)(C)O[SiH2]C(C)(C)C)ccn3)[C@H](NC(=O)OC(C)(C)C)C[C@H]21. The number of alkyl carbamates (subject to hydrolysis) is 1. The van der Waals surface area contributed by atoms with Gasteiger partial charge in [-0.3, -0.25) is 9.88 Å². The summed E-state index contributed by atoms with van der Waals surface area (Å²) in [6.07, 6.45) is 2.97. The fourth-order valence-electron chi connectivity index (χ4n) is 5.64. The van der Waals surface area contributed by atoms with Crippen molar-refractivity contribution < 1.29 is 23.8 Å². The summed E-state index contributed by atoms with van der Waals surface area (Å²) < 4.78 is 17.6. The van der Waals surface area contributed by atoms with Crippen LogP contribution in [0.5, 0.6) is 11.5 Å². The lowest BCUT2D eigenvalue weighted by Gasteiger charge is -2.47. The Morgan fingerprint density at radius 2 is 1.85 bits per heavy atom. The molecule has 40 heavy (non-hydrogen) atoms. The van der Waals surface area contributed by atoms with E-state index in [1.165, 1.54) is 0 Å². The number of ether oxygens (including phenoxy) is 2. The van der Waals surface area contributed by atoms with Gasteiger partial charge in [-0.15, -0.1) is 0 Å². The predicted octanol–water partition coefficient (Wildman–Crippen LogP) is 5.33. The number of phenols is 1. The summed E-state index contributed by atoms with van der Waals surface area (Å²) in [5.41, 5.74) is 3.27. The standard InChI is InChI=1S/C31H47N3O5Si/c1-29(2,3)38-28(36)33-24-17-25-21-16-27(37-9)26(35)14-19(21)11-13-34(25)18-22(24)23-15-20(10-12-32-23)31(7,8)39-40-30(4,5)6/h10,12,14-16,22,24-25,35H,11,13,17-18,40H2,1-9H3,(H,33,36)/t22-,24+,25+/m0/s1. The van der Waals surface area contributed by atoms with Gasteiger partial charge in [0.1, 0.15) is 5.60 Å². The van der Waals surface area contributed by atoms with Crippen molar-refractivity contribution in [1.82, 2.24) is 15.2 Å². The normalized spacial score (nSPS) is 22.1. The van der Waals surface area contributed by atoms with E-state index >= 15 is 0 Å². The summed E-state index contributed by atoms with van der Waals surface area (Å²) in [7, 11) is 0.812. The van der Waals surface area contributed by atoms with E-state index in [1.54, 1.807) is 7.11 Å². The molecule has 2 aliphatic heterocycles. The number of nitrogens with zero attached hydrogens (tertiary/aromatic N) is 2. The van der Waals surface area contributed by atoms with Crippen molar-refractivity contribution in [3.8, 4) is 11.5 Å². The fraction of sp³-hybridized carbons (Fsp3) is 0.613. The average Bonchev–Trinajstić information content (AvgIpc) is 2.85. The van der Waals surface area contributed by atoms with E-state index in [0.29, 0.717) is 12.2 Å². The minimum absolute atomic E-state index is 0.0278. The van der Waals surface area contributed by atoms with E-state index < -0.39 is 27.1 Å². The lowest BCUT2D eigenvalue weighted by atomic mass is 9.78. The van der Waals surface area contributed by atoms with Crippen LogP contribution in [0.4, 0.5) is 4.79 Å². The second kappa shape index (κ2) is 11.3. The Balaban J connectivity index is 1.67. The van der Waals surface area contributed by atoms with E-state index in [-0.39, 0.29) is 28.8 Å². The molecule has 3 heterocycles. The zero-order valence-corrected chi connectivity index (χ0v) is 27.0. The van der Waals surface area contributed by atoms with Crippen LogP contribution in [0.3, 0.4) is 0 Å². The maximum atomic E-state index is 13.0. The lowest BCUT2D eigenvalue weighted by Crippen LogP contribution is -2.53. The number of benzene rings is 1. The Kier molecular flexibility index (Phi) is 8.60. The Hall–Kier alpha value is -2.62. The fourth-order valence-corrected chi connectivity index (χ4v) is 6.60. The molecule has 2 N–H and O–H groups in total. The van der Waals surface area contributed by atoms with Gasteiger partial charge in [0.05, 0.1) is 12.7 Å². The summed E-state index contributed by atoms with van der Waals surface area (Å²) in [5, 5.41) is 13.8. The van der Waals surface area contributed by atoms with Crippen LogP contribution in [0.2, 0.25) is 5.04 Å². The lowest BCUT2D eigenvalue weighted by molar-refractivity contribution is 0.0410. The molecule has 0 unspecified atom stereocenters. The summed E-state index contributed by atoms with van der Waals surface area (Å²) in [6, 6.07) is 7.85. The van der Waals surface area contributed by atoms with E-state index in [1.807, 2.05) is 45.2 Å². The van der Waals surface area contributed by atoms with Gasteiger partial charge < -0.3 is 24.3 Å². The van der Waals surface area contributed by atoms with Gasteiger partial charge in [-0.05, 0) is 93.5 Å². The number of carbonyl (C=O) groups excluding carboxylic acids is 1. The zero-order valence-electron chi connectivity index (χ0n) is 25.6. The number of carbonyl (C=O) groups is 1. The van der Waals surface area contributed by atoms with Crippen molar-refractivity contribution >= 4 is 15.9 Å². The molecule has 1 aromatic heterocycles. The molecule has 220 valence electrons. The molecule has 2 aromatic rings. The quantitative estimate of drug-likeness (QED) is 0.454. The number of piperidine rings is 1. The van der Waals surface area contributed by atoms with Gasteiger partial charge in [0.2, 0.25) is 0 Å². The van der Waals surface area contributed by atoms with Crippen LogP contribution in [0.25, 0.3) is 0 Å². The van der Waals surface area contributed by atoms with Crippen LogP contribution in [0, 0.1) is 0 Å². The Labute approximate surface area is 241 Å². The number of fused-ring (bicyclic) bond motifs is 3. The number of amides is 1. The van der Waals surface area contributed by atoms with Crippen LogP contribution in [0.1, 0.15) is 96.2 Å². The molecule has 0 saturated carbocycles. The molecular formula is C31H47N3O5Si. The number of nitrogens with one attached hydrogen (secondary N) is 1. The number of phenolic OH excluding ortho intramolecular Hbond substituents is 1. The zero-order chi connectivity index (χ0) is 29.5. The first kappa shape index (κ1) is 30.3. The summed E-state index contributed by atoms with van der Waals surface area (Å²) in [4.78, 5) is 20.3. The molecule has 4 rings (SSSR count). The number of hydrogen-bond acceptors (Lipinski definition) is 7. The molecule has 3 atom stereocenters. The number of pyridine rings is 1. The molecule has 0 aliphatic carbocycles. The van der Waals surface area contributed by atoms with Gasteiger partial charge in [0.25, 0.3) is 0 Å². The van der Waals surface area contributed by atoms with Gasteiger partial charge in [0, 0.05) is 43.0 Å². The van der Waals surface area contributed by atoms with Crippen LogP contribution in [-0.2, 0) is 21.2 Å². The van der Waals surface area contributed by atoms with Crippen LogP contribution >= 0.6 is 0 Å². The molecule has 8 nitrogen and oxygen atoms in total. The largest absolute Gasteiger partial charge is 0.504 e. The van der Waals surface area contributed by atoms with Gasteiger partial charge in [-0.2, -0.15) is 0 Å². The predicted molar refractivity (Wildman–Crippen MR) is 160 cm³/mol. The van der Waals surface area contributed by atoms with Crippen LogP contribution < -0.4 is 10.1 Å². The average molecular weight is 570 g/mol. The molecule has 1 saturated heterocycles. The number of hydrogen-bond donors (Lipinski definition) is 2. The third-order valence-electron chi connectivity index (χ3n) is 7.73. The van der Waals surface area contributed by atoms with Crippen molar-refractivity contribution in [2.24, 2.45) is 0 Å². The molecule has 1 aromatic carbocycles. The highest BCUT2D eigenvalue weighted by Crippen LogP contribution is 2.44. The molecule has 0 bridgehead atoms. The minimum atomic E-state index is -0.757. The summed E-state index contributed by atoms with van der Waals surface area (Å²) in [6.45, 7) is 18.2. The third-order valence-corrected chi connectivity index (χ3v) is 9.46. The monoisotopic (exact) mass is 569 g/mol. The molecular weight excluding hydrogens is 522 g/mol. The van der Waals surface area contributed by atoms with Crippen molar-refractivity contribution in [2.75, 3.05) is 20.2 Å². The highest BCUT2D eigenvalue weighted by atomic mass is 28.2. The van der Waals surface area contributed by atoms with E-state index in [4.69, 9.17) is 18.9 Å². The first-order valence-corrected chi connectivity index (χ1v) is 15.6. The van der Waals surface area contributed by atoms with Gasteiger partial charge in [-0.1, -0.05) is 20.8 Å². The third kappa shape index (κ3) is 7.17. The highest BCUT2D eigenvalue weighted by Gasteiger charge is 2.42. The molecule has 0 spiro atoms. The van der Waals surface area contributed by atoms with Crippen molar-refractivity contribution in [3.63, 3.8) is 0 Å². The maximum absolute atomic E-state index is 13.0. The smallest absolute Gasteiger partial charge is 0.407 e. The van der Waals surface area contributed by atoms with Crippen LogP contribution in [-0.4, -0.2) is 62.7 Å². The molecule has 1 amide bonds. The number of rotatable bonds is 6. The minimum Gasteiger partial charge on any atom is -0.504 e. The highest BCUT2D eigenvalue weighted by molar-refractivity contribution is 6.31. The molecule has 0 radical (unpaired) electrons. The molecule has 9 heteroatoms. The second-order valence-corrected chi connectivity index (χ2v) is 16.6. The van der Waals surface area contributed by atoms with Crippen molar-refractivity contribution in [2.45, 2.75) is 102 Å². The van der Waals surface area contributed by atoms with Crippen molar-refractivity contribution in [3.05, 3.63) is 52.8 Å². The van der Waals surface area contributed by atoms with E-state index in [9.17, 15) is 9.90 Å². The Bertz CT molecular complexity index is 1220. The first-order valence-electron chi connectivity index (χ1n) is 14.3. The maximum Gasteiger partial charge on any atom is 0.407 e. The van der Waals surface area contributed by atoms with E-state index in [2.05, 4.69) is 50.9 Å². The number of aromatic hydroxyl groups is 1. The van der Waals surface area contributed by atoms with Crippen LogP contribution in [0.15, 0.2) is 30.5 Å². The topological polar surface area (TPSA) is 93.2 Å². The molecule has 1 fully saturated rings. The first-order chi connectivity index (χ1) is 18.6. The molecule has 2 aliphatic rings. The van der Waals surface area contributed by atoms with E-state index in [0.717, 1.165) is 41.9 Å². The number of methoxy groups -OCH3 is 1. The van der Waals surface area contributed by atoms with Crippen molar-refractivity contribution in [1.29, 1.82) is 0 Å². The van der Waals surface area contributed by atoms with Gasteiger partial charge in [0.15, 0.2) is 21.3 Å². The second-order valence-electron chi connectivity index (χ2n) is 13.9. The van der Waals surface area contributed by atoms with Gasteiger partial charge >= 0.3 is 6.09 Å². The number of aromatic nitrogens is 1. The Morgan fingerprint density at radius 1 is 1.12 bits per heavy atom. The van der Waals surface area contributed by atoms with Gasteiger partial charge in [-0.25, -0.2) is 4.79 Å².